The Hall–Kier alpha value is -3.65. The standard InChI is InChI=1S/C25H24N6OS/c1-4-18-7-9-19(10-8-18)26-23(32)15-33-25-28-27-24-22-14-21(29-31(22)12-11-30(24)25)20-13-16(2)5-6-17(20)3/h5-14H,4,15H2,1-3H3,(H,26,32). The second-order valence-electron chi connectivity index (χ2n) is 8.04. The molecule has 0 aliphatic rings. The fraction of sp³-hybridized carbons (Fsp3) is 0.200. The number of thioether (sulfide) groups is 1. The number of benzene rings is 2. The van der Waals surface area contributed by atoms with E-state index in [1.165, 1.54) is 28.5 Å². The van der Waals surface area contributed by atoms with Crippen molar-refractivity contribution in [2.75, 3.05) is 11.1 Å². The SMILES string of the molecule is CCc1ccc(NC(=O)CSc2nnc3c4cc(-c5cc(C)ccc5C)nn4ccn23)cc1. The van der Waals surface area contributed by atoms with Crippen LogP contribution in [0.2, 0.25) is 0 Å². The van der Waals surface area contributed by atoms with E-state index in [0.717, 1.165) is 28.9 Å². The zero-order valence-corrected chi connectivity index (χ0v) is 19.6. The number of carbonyl (C=O) groups excluding carboxylic acids is 1. The van der Waals surface area contributed by atoms with Crippen LogP contribution in [0.15, 0.2) is 66.1 Å². The van der Waals surface area contributed by atoms with Crippen molar-refractivity contribution in [3.63, 3.8) is 0 Å². The third-order valence-electron chi connectivity index (χ3n) is 5.63. The van der Waals surface area contributed by atoms with Crippen LogP contribution in [0, 0.1) is 13.8 Å². The van der Waals surface area contributed by atoms with E-state index in [1.807, 2.05) is 51.6 Å². The highest BCUT2D eigenvalue weighted by atomic mass is 32.2. The molecule has 33 heavy (non-hydrogen) atoms. The van der Waals surface area contributed by atoms with Crippen molar-refractivity contribution in [1.29, 1.82) is 0 Å². The second kappa shape index (κ2) is 8.71. The molecule has 0 saturated heterocycles. The highest BCUT2D eigenvalue weighted by Gasteiger charge is 2.15. The molecule has 0 aliphatic carbocycles. The summed E-state index contributed by atoms with van der Waals surface area (Å²) in [6.45, 7) is 6.27. The van der Waals surface area contributed by atoms with Crippen LogP contribution in [0.4, 0.5) is 5.69 Å². The maximum absolute atomic E-state index is 12.4. The Labute approximate surface area is 195 Å². The minimum absolute atomic E-state index is 0.0800. The van der Waals surface area contributed by atoms with E-state index in [4.69, 9.17) is 5.10 Å². The van der Waals surface area contributed by atoms with Gasteiger partial charge in [-0.2, -0.15) is 5.10 Å². The highest BCUT2D eigenvalue weighted by molar-refractivity contribution is 7.99. The van der Waals surface area contributed by atoms with Crippen molar-refractivity contribution >= 4 is 34.5 Å². The number of hydrogen-bond donors (Lipinski definition) is 1. The maximum atomic E-state index is 12.4. The fourth-order valence-corrected chi connectivity index (χ4v) is 4.50. The lowest BCUT2D eigenvalue weighted by molar-refractivity contribution is -0.113. The molecule has 0 fully saturated rings. The lowest BCUT2D eigenvalue weighted by atomic mass is 10.0. The van der Waals surface area contributed by atoms with Gasteiger partial charge in [0.1, 0.15) is 5.52 Å². The van der Waals surface area contributed by atoms with Gasteiger partial charge >= 0.3 is 0 Å². The predicted molar refractivity (Wildman–Crippen MR) is 132 cm³/mol. The largest absolute Gasteiger partial charge is 0.325 e. The van der Waals surface area contributed by atoms with Crippen molar-refractivity contribution in [3.05, 3.63) is 77.6 Å². The van der Waals surface area contributed by atoms with E-state index in [9.17, 15) is 4.79 Å². The summed E-state index contributed by atoms with van der Waals surface area (Å²) in [6, 6.07) is 16.3. The van der Waals surface area contributed by atoms with Crippen LogP contribution in [-0.4, -0.2) is 35.9 Å². The van der Waals surface area contributed by atoms with E-state index in [0.29, 0.717) is 10.8 Å². The Kier molecular flexibility index (Phi) is 5.60. The van der Waals surface area contributed by atoms with Crippen LogP contribution >= 0.6 is 11.8 Å². The molecule has 0 unspecified atom stereocenters. The molecule has 0 atom stereocenters. The Morgan fingerprint density at radius 2 is 1.85 bits per heavy atom. The number of aromatic nitrogens is 5. The summed E-state index contributed by atoms with van der Waals surface area (Å²) < 4.78 is 3.72. The van der Waals surface area contributed by atoms with Gasteiger partial charge in [0.05, 0.1) is 11.4 Å². The van der Waals surface area contributed by atoms with E-state index in [2.05, 4.69) is 54.5 Å². The van der Waals surface area contributed by atoms with Crippen LogP contribution in [0.1, 0.15) is 23.6 Å². The molecule has 2 aromatic carbocycles. The molecule has 1 amide bonds. The van der Waals surface area contributed by atoms with Gasteiger partial charge in [-0.25, -0.2) is 4.52 Å². The zero-order chi connectivity index (χ0) is 22.9. The third-order valence-corrected chi connectivity index (χ3v) is 6.58. The van der Waals surface area contributed by atoms with Crippen molar-refractivity contribution in [3.8, 4) is 11.3 Å². The van der Waals surface area contributed by atoms with Gasteiger partial charge in [-0.1, -0.05) is 48.5 Å². The van der Waals surface area contributed by atoms with Gasteiger partial charge in [0.15, 0.2) is 10.8 Å². The Bertz CT molecular complexity index is 1470. The minimum atomic E-state index is -0.0800. The molecule has 5 aromatic rings. The number of fused-ring (bicyclic) bond motifs is 3. The Balaban J connectivity index is 1.36. The normalized spacial score (nSPS) is 11.4. The van der Waals surface area contributed by atoms with Crippen molar-refractivity contribution in [1.82, 2.24) is 24.2 Å². The Morgan fingerprint density at radius 1 is 1.03 bits per heavy atom. The summed E-state index contributed by atoms with van der Waals surface area (Å²) in [5.41, 5.74) is 7.98. The summed E-state index contributed by atoms with van der Waals surface area (Å²) in [6.07, 6.45) is 4.74. The maximum Gasteiger partial charge on any atom is 0.234 e. The minimum Gasteiger partial charge on any atom is -0.325 e. The fourth-order valence-electron chi connectivity index (χ4n) is 3.78. The summed E-state index contributed by atoms with van der Waals surface area (Å²) in [7, 11) is 0. The van der Waals surface area contributed by atoms with Gasteiger partial charge in [0.2, 0.25) is 5.91 Å². The second-order valence-corrected chi connectivity index (χ2v) is 8.98. The van der Waals surface area contributed by atoms with E-state index >= 15 is 0 Å². The van der Waals surface area contributed by atoms with Crippen molar-refractivity contribution in [2.24, 2.45) is 0 Å². The van der Waals surface area contributed by atoms with Crippen molar-refractivity contribution < 1.29 is 4.79 Å². The number of nitrogens with one attached hydrogen (secondary N) is 1. The number of anilines is 1. The molecule has 0 radical (unpaired) electrons. The summed E-state index contributed by atoms with van der Waals surface area (Å²) >= 11 is 1.36. The quantitative estimate of drug-likeness (QED) is 0.366. The summed E-state index contributed by atoms with van der Waals surface area (Å²) in [5.74, 6) is 0.165. The van der Waals surface area contributed by atoms with Crippen LogP contribution < -0.4 is 5.32 Å². The van der Waals surface area contributed by atoms with Gasteiger partial charge in [-0.15, -0.1) is 10.2 Å². The lowest BCUT2D eigenvalue weighted by Gasteiger charge is -2.05. The molecule has 0 saturated carbocycles. The number of rotatable bonds is 6. The first-order valence-corrected chi connectivity index (χ1v) is 11.8. The molecular weight excluding hydrogens is 432 g/mol. The number of carbonyl (C=O) groups is 1. The van der Waals surface area contributed by atoms with Gasteiger partial charge in [-0.3, -0.25) is 9.20 Å². The molecule has 0 aliphatic heterocycles. The molecule has 3 heterocycles. The third kappa shape index (κ3) is 4.21. The van der Waals surface area contributed by atoms with Crippen LogP contribution in [-0.2, 0) is 11.2 Å². The molecular formula is C25H24N6OS. The van der Waals surface area contributed by atoms with E-state index in [1.54, 1.807) is 0 Å². The van der Waals surface area contributed by atoms with Gasteiger partial charge in [-0.05, 0) is 55.7 Å². The summed E-state index contributed by atoms with van der Waals surface area (Å²) in [5, 5.41) is 17.0. The highest BCUT2D eigenvalue weighted by Crippen LogP contribution is 2.27. The predicted octanol–water partition coefficient (Wildman–Crippen LogP) is 4.95. The zero-order valence-electron chi connectivity index (χ0n) is 18.7. The lowest BCUT2D eigenvalue weighted by Crippen LogP contribution is -2.14. The first-order valence-electron chi connectivity index (χ1n) is 10.8. The molecule has 0 spiro atoms. The van der Waals surface area contributed by atoms with Gasteiger partial charge in [0, 0.05) is 23.6 Å². The van der Waals surface area contributed by atoms with Crippen LogP contribution in [0.3, 0.4) is 0 Å². The molecule has 1 N–H and O–H groups in total. The van der Waals surface area contributed by atoms with E-state index < -0.39 is 0 Å². The van der Waals surface area contributed by atoms with Crippen LogP contribution in [0.25, 0.3) is 22.4 Å². The molecule has 0 bridgehead atoms. The topological polar surface area (TPSA) is 76.6 Å². The molecule has 3 aromatic heterocycles. The monoisotopic (exact) mass is 456 g/mol. The number of nitrogens with zero attached hydrogens (tertiary/aromatic N) is 5. The van der Waals surface area contributed by atoms with Gasteiger partial charge in [0.25, 0.3) is 0 Å². The molecule has 7 nitrogen and oxygen atoms in total. The molecule has 166 valence electrons. The number of aryl methyl sites for hydroxylation is 3. The van der Waals surface area contributed by atoms with E-state index in [-0.39, 0.29) is 11.7 Å². The number of hydrogen-bond acceptors (Lipinski definition) is 5. The smallest absolute Gasteiger partial charge is 0.234 e. The first kappa shape index (κ1) is 21.2. The average Bonchev–Trinajstić information content (AvgIpc) is 3.43. The average molecular weight is 457 g/mol. The summed E-state index contributed by atoms with van der Waals surface area (Å²) in [4.78, 5) is 12.4. The Morgan fingerprint density at radius 3 is 2.64 bits per heavy atom. The van der Waals surface area contributed by atoms with Crippen molar-refractivity contribution in [2.45, 2.75) is 32.3 Å². The number of amides is 1. The van der Waals surface area contributed by atoms with Crippen LogP contribution in [0.5, 0.6) is 0 Å². The first-order chi connectivity index (χ1) is 16.0. The molecule has 5 rings (SSSR count). The van der Waals surface area contributed by atoms with Gasteiger partial charge < -0.3 is 5.32 Å². The molecule has 8 heteroatoms.